The highest BCUT2D eigenvalue weighted by atomic mass is 16.6. The number of rotatable bonds is 8. The van der Waals surface area contributed by atoms with E-state index in [9.17, 15) is 14.9 Å². The Morgan fingerprint density at radius 3 is 2.70 bits per heavy atom. The smallest absolute Gasteiger partial charge is 0.317 e. The fraction of sp³-hybridized carbons (Fsp3) is 0.500. The number of nitrogens with zero attached hydrogens (tertiary/aromatic N) is 2. The summed E-state index contributed by atoms with van der Waals surface area (Å²) < 4.78 is 0. The Balaban J connectivity index is 1.97. The standard InChI is InChI=1S/C14H18N2O4/c17-14(18)10-15(9-11-5-6-11)8-7-12-3-1-2-4-13(12)16(19)20/h1-4,11H,5-10H2,(H,17,18). The third-order valence-electron chi connectivity index (χ3n) is 3.46. The Kier molecular flexibility index (Phi) is 4.68. The van der Waals surface area contributed by atoms with Crippen LogP contribution in [0.4, 0.5) is 5.69 Å². The molecule has 0 saturated heterocycles. The lowest BCUT2D eigenvalue weighted by Crippen LogP contribution is -2.33. The molecule has 6 nitrogen and oxygen atoms in total. The number of benzene rings is 1. The minimum Gasteiger partial charge on any atom is -0.480 e. The van der Waals surface area contributed by atoms with Crippen molar-refractivity contribution < 1.29 is 14.8 Å². The molecular formula is C14H18N2O4. The van der Waals surface area contributed by atoms with Gasteiger partial charge in [-0.25, -0.2) is 0 Å². The van der Waals surface area contributed by atoms with Crippen LogP contribution in [0.1, 0.15) is 18.4 Å². The molecule has 2 rings (SSSR count). The minimum absolute atomic E-state index is 0.00285. The van der Waals surface area contributed by atoms with Crippen molar-refractivity contribution in [2.24, 2.45) is 5.92 Å². The van der Waals surface area contributed by atoms with Gasteiger partial charge in [-0.3, -0.25) is 19.8 Å². The van der Waals surface area contributed by atoms with Crippen molar-refractivity contribution >= 4 is 11.7 Å². The zero-order chi connectivity index (χ0) is 14.5. The summed E-state index contributed by atoms with van der Waals surface area (Å²) in [5, 5.41) is 19.8. The van der Waals surface area contributed by atoms with Crippen LogP contribution in [0.5, 0.6) is 0 Å². The molecule has 1 aromatic rings. The second-order valence-electron chi connectivity index (χ2n) is 5.21. The van der Waals surface area contributed by atoms with Crippen LogP contribution in [0.15, 0.2) is 24.3 Å². The molecule has 1 aliphatic rings. The van der Waals surface area contributed by atoms with Crippen LogP contribution in [0.25, 0.3) is 0 Å². The molecule has 0 radical (unpaired) electrons. The predicted molar refractivity (Wildman–Crippen MR) is 73.6 cm³/mol. The van der Waals surface area contributed by atoms with Crippen LogP contribution in [0.3, 0.4) is 0 Å². The number of nitro benzene ring substituents is 1. The van der Waals surface area contributed by atoms with Gasteiger partial charge in [-0.2, -0.15) is 0 Å². The van der Waals surface area contributed by atoms with E-state index >= 15 is 0 Å². The van der Waals surface area contributed by atoms with Crippen molar-refractivity contribution in [3.63, 3.8) is 0 Å². The van der Waals surface area contributed by atoms with Crippen molar-refractivity contribution in [2.75, 3.05) is 19.6 Å². The van der Waals surface area contributed by atoms with Gasteiger partial charge in [0.1, 0.15) is 0 Å². The summed E-state index contributed by atoms with van der Waals surface area (Å²) in [7, 11) is 0. The molecule has 20 heavy (non-hydrogen) atoms. The highest BCUT2D eigenvalue weighted by Gasteiger charge is 2.25. The number of carboxylic acids is 1. The SMILES string of the molecule is O=C(O)CN(CCc1ccccc1[N+](=O)[O-])CC1CC1. The Morgan fingerprint density at radius 2 is 2.10 bits per heavy atom. The van der Waals surface area contributed by atoms with Gasteiger partial charge in [-0.1, -0.05) is 18.2 Å². The summed E-state index contributed by atoms with van der Waals surface area (Å²) in [5.41, 5.74) is 0.762. The third-order valence-corrected chi connectivity index (χ3v) is 3.46. The minimum atomic E-state index is -0.854. The van der Waals surface area contributed by atoms with E-state index in [4.69, 9.17) is 5.11 Å². The highest BCUT2D eigenvalue weighted by Crippen LogP contribution is 2.29. The molecule has 0 atom stereocenters. The number of hydrogen-bond acceptors (Lipinski definition) is 4. The Bertz CT molecular complexity index is 500. The first-order valence-electron chi connectivity index (χ1n) is 6.72. The molecule has 1 saturated carbocycles. The summed E-state index contributed by atoms with van der Waals surface area (Å²) in [6, 6.07) is 6.62. The Morgan fingerprint density at radius 1 is 1.40 bits per heavy atom. The van der Waals surface area contributed by atoms with E-state index in [1.54, 1.807) is 18.2 Å². The molecule has 0 aromatic heterocycles. The normalized spacial score (nSPS) is 14.4. The second-order valence-corrected chi connectivity index (χ2v) is 5.21. The topological polar surface area (TPSA) is 83.7 Å². The van der Waals surface area contributed by atoms with Gasteiger partial charge in [0.25, 0.3) is 5.69 Å². The summed E-state index contributed by atoms with van der Waals surface area (Å²) in [6.07, 6.45) is 2.81. The summed E-state index contributed by atoms with van der Waals surface area (Å²) in [6.45, 7) is 1.30. The van der Waals surface area contributed by atoms with Crippen molar-refractivity contribution in [2.45, 2.75) is 19.3 Å². The monoisotopic (exact) mass is 278 g/mol. The maximum atomic E-state index is 10.9. The molecule has 1 aliphatic carbocycles. The van der Waals surface area contributed by atoms with Crippen molar-refractivity contribution in [1.29, 1.82) is 0 Å². The average molecular weight is 278 g/mol. The zero-order valence-electron chi connectivity index (χ0n) is 11.2. The lowest BCUT2D eigenvalue weighted by molar-refractivity contribution is -0.385. The van der Waals surface area contributed by atoms with Crippen molar-refractivity contribution in [1.82, 2.24) is 4.90 Å². The summed E-state index contributed by atoms with van der Waals surface area (Å²) in [4.78, 5) is 23.3. The van der Waals surface area contributed by atoms with E-state index in [-0.39, 0.29) is 12.2 Å². The largest absolute Gasteiger partial charge is 0.480 e. The first-order valence-corrected chi connectivity index (χ1v) is 6.72. The second kappa shape index (κ2) is 6.47. The zero-order valence-corrected chi connectivity index (χ0v) is 11.2. The predicted octanol–water partition coefficient (Wildman–Crippen LogP) is 1.93. The first-order chi connectivity index (χ1) is 9.56. The first kappa shape index (κ1) is 14.5. The number of para-hydroxylation sites is 1. The molecule has 0 aliphatic heterocycles. The number of carbonyl (C=O) groups is 1. The molecule has 0 heterocycles. The number of aliphatic carboxylic acids is 1. The lowest BCUT2D eigenvalue weighted by atomic mass is 10.1. The maximum Gasteiger partial charge on any atom is 0.317 e. The molecule has 108 valence electrons. The van der Waals surface area contributed by atoms with Crippen molar-refractivity contribution in [3.05, 3.63) is 39.9 Å². The molecule has 0 amide bonds. The van der Waals surface area contributed by atoms with Gasteiger partial charge < -0.3 is 5.11 Å². The molecule has 0 bridgehead atoms. The quantitative estimate of drug-likeness (QED) is 0.580. The molecular weight excluding hydrogens is 260 g/mol. The fourth-order valence-electron chi connectivity index (χ4n) is 2.27. The molecule has 0 unspecified atom stereocenters. The van der Waals surface area contributed by atoms with E-state index in [1.807, 2.05) is 4.90 Å². The summed E-state index contributed by atoms with van der Waals surface area (Å²) in [5.74, 6) is -0.256. The van der Waals surface area contributed by atoms with E-state index in [0.29, 0.717) is 24.4 Å². The van der Waals surface area contributed by atoms with Crippen LogP contribution in [-0.2, 0) is 11.2 Å². The Hall–Kier alpha value is -1.95. The third kappa shape index (κ3) is 4.31. The van der Waals surface area contributed by atoms with Gasteiger partial charge in [0.15, 0.2) is 0 Å². The summed E-state index contributed by atoms with van der Waals surface area (Å²) >= 11 is 0. The van der Waals surface area contributed by atoms with E-state index in [0.717, 1.165) is 19.4 Å². The van der Waals surface area contributed by atoms with Crippen LogP contribution >= 0.6 is 0 Å². The highest BCUT2D eigenvalue weighted by molar-refractivity contribution is 5.69. The van der Waals surface area contributed by atoms with Crippen LogP contribution in [0.2, 0.25) is 0 Å². The van der Waals surface area contributed by atoms with E-state index in [2.05, 4.69) is 0 Å². The number of hydrogen-bond donors (Lipinski definition) is 1. The van der Waals surface area contributed by atoms with E-state index < -0.39 is 10.9 Å². The maximum absolute atomic E-state index is 10.9. The number of nitro groups is 1. The lowest BCUT2D eigenvalue weighted by Gasteiger charge is -2.19. The van der Waals surface area contributed by atoms with Crippen LogP contribution in [-0.4, -0.2) is 40.5 Å². The molecule has 1 aromatic carbocycles. The molecule has 0 spiro atoms. The fourth-order valence-corrected chi connectivity index (χ4v) is 2.27. The van der Waals surface area contributed by atoms with Gasteiger partial charge in [0.2, 0.25) is 0 Å². The number of carboxylic acid groups (broad SMARTS) is 1. The molecule has 6 heteroatoms. The van der Waals surface area contributed by atoms with Gasteiger partial charge in [0.05, 0.1) is 11.5 Å². The van der Waals surface area contributed by atoms with Gasteiger partial charge in [0, 0.05) is 24.7 Å². The van der Waals surface area contributed by atoms with Gasteiger partial charge in [-0.05, 0) is 25.2 Å². The Labute approximate surface area is 117 Å². The molecule has 1 fully saturated rings. The van der Waals surface area contributed by atoms with Gasteiger partial charge >= 0.3 is 5.97 Å². The van der Waals surface area contributed by atoms with E-state index in [1.165, 1.54) is 6.07 Å². The van der Waals surface area contributed by atoms with Gasteiger partial charge in [-0.15, -0.1) is 0 Å². The average Bonchev–Trinajstić information content (AvgIpc) is 3.19. The van der Waals surface area contributed by atoms with Crippen molar-refractivity contribution in [3.8, 4) is 0 Å². The molecule has 1 N–H and O–H groups in total. The van der Waals surface area contributed by atoms with Crippen LogP contribution < -0.4 is 0 Å². The van der Waals surface area contributed by atoms with Crippen LogP contribution in [0, 0.1) is 16.0 Å².